The van der Waals surface area contributed by atoms with Gasteiger partial charge in [0.05, 0.1) is 17.6 Å². The molecule has 0 saturated carbocycles. The molecule has 0 bridgehead atoms. The molecular weight excluding hydrogens is 240 g/mol. The fraction of sp³-hybridized carbons (Fsp3) is 0.500. The highest BCUT2D eigenvalue weighted by atomic mass is 32.2. The fourth-order valence-electron chi connectivity index (χ4n) is 2.17. The second kappa shape index (κ2) is 5.16. The molecule has 0 fully saturated rings. The van der Waals surface area contributed by atoms with Gasteiger partial charge in [0.25, 0.3) is 0 Å². The van der Waals surface area contributed by atoms with E-state index < -0.39 is 17.2 Å². The Hall–Kier alpha value is -0.910. The summed E-state index contributed by atoms with van der Waals surface area (Å²) in [6, 6.07) is 3.28. The molecule has 1 aliphatic carbocycles. The highest BCUT2D eigenvalue weighted by molar-refractivity contribution is 7.79. The Balaban J connectivity index is 2.44. The van der Waals surface area contributed by atoms with Gasteiger partial charge in [-0.2, -0.15) is 0 Å². The van der Waals surface area contributed by atoms with Gasteiger partial charge in [-0.05, 0) is 31.4 Å². The standard InChI is InChI=1S/C12H16O4S/c1-2-7-16-10-5-6-11(17(14)15)12-8(10)3-4-9(12)13/h5-6,9,13H,2-4,7H2,1H3,(H,14,15). The van der Waals surface area contributed by atoms with E-state index in [9.17, 15) is 13.9 Å². The predicted molar refractivity (Wildman–Crippen MR) is 64.5 cm³/mol. The minimum atomic E-state index is -2.06. The molecule has 2 unspecified atom stereocenters. The van der Waals surface area contributed by atoms with Crippen LogP contribution in [0.4, 0.5) is 0 Å². The maximum Gasteiger partial charge on any atom is 0.186 e. The summed E-state index contributed by atoms with van der Waals surface area (Å²) in [5, 5.41) is 9.86. The Morgan fingerprint density at radius 2 is 2.29 bits per heavy atom. The molecule has 0 aliphatic heterocycles. The average molecular weight is 256 g/mol. The lowest BCUT2D eigenvalue weighted by atomic mass is 10.1. The Bertz CT molecular complexity index is 444. The van der Waals surface area contributed by atoms with Crippen molar-refractivity contribution >= 4 is 11.1 Å². The molecule has 0 saturated heterocycles. The van der Waals surface area contributed by atoms with Gasteiger partial charge < -0.3 is 14.4 Å². The van der Waals surface area contributed by atoms with E-state index in [1.807, 2.05) is 6.92 Å². The van der Waals surface area contributed by atoms with Crippen LogP contribution >= 0.6 is 0 Å². The number of ether oxygens (including phenoxy) is 1. The molecule has 1 aliphatic rings. The zero-order valence-electron chi connectivity index (χ0n) is 9.68. The Morgan fingerprint density at radius 3 is 2.94 bits per heavy atom. The molecular formula is C12H16O4S. The highest BCUT2D eigenvalue weighted by Crippen LogP contribution is 2.40. The van der Waals surface area contributed by atoms with Gasteiger partial charge in [-0.25, -0.2) is 4.21 Å². The summed E-state index contributed by atoms with van der Waals surface area (Å²) in [7, 11) is 0. The van der Waals surface area contributed by atoms with Crippen molar-refractivity contribution in [3.05, 3.63) is 23.3 Å². The summed E-state index contributed by atoms with van der Waals surface area (Å²) >= 11 is -2.06. The molecule has 1 aromatic carbocycles. The van der Waals surface area contributed by atoms with Gasteiger partial charge in [-0.15, -0.1) is 0 Å². The SMILES string of the molecule is CCCOc1ccc(S(=O)O)c2c1CCC2O. The van der Waals surface area contributed by atoms with Crippen LogP contribution in [0.5, 0.6) is 5.75 Å². The number of hydrogen-bond acceptors (Lipinski definition) is 3. The van der Waals surface area contributed by atoms with E-state index in [0.29, 0.717) is 29.9 Å². The van der Waals surface area contributed by atoms with Crippen LogP contribution in [-0.2, 0) is 17.5 Å². The molecule has 17 heavy (non-hydrogen) atoms. The van der Waals surface area contributed by atoms with Crippen LogP contribution in [0.15, 0.2) is 17.0 Å². The van der Waals surface area contributed by atoms with Gasteiger partial charge >= 0.3 is 0 Å². The lowest BCUT2D eigenvalue weighted by Gasteiger charge is -2.13. The number of aliphatic hydroxyl groups excluding tert-OH is 1. The minimum absolute atomic E-state index is 0.300. The van der Waals surface area contributed by atoms with Crippen molar-refractivity contribution in [3.8, 4) is 5.75 Å². The van der Waals surface area contributed by atoms with Gasteiger partial charge in [-0.1, -0.05) is 6.92 Å². The quantitative estimate of drug-likeness (QED) is 0.809. The minimum Gasteiger partial charge on any atom is -0.493 e. The van der Waals surface area contributed by atoms with Crippen molar-refractivity contribution in [2.24, 2.45) is 0 Å². The Kier molecular flexibility index (Phi) is 3.81. The third kappa shape index (κ3) is 2.36. The first kappa shape index (κ1) is 12.5. The Labute approximate surface area is 103 Å². The topological polar surface area (TPSA) is 66.8 Å². The second-order valence-electron chi connectivity index (χ2n) is 4.11. The molecule has 5 heteroatoms. The van der Waals surface area contributed by atoms with Crippen LogP contribution in [0.2, 0.25) is 0 Å². The first-order valence-corrected chi connectivity index (χ1v) is 6.83. The summed E-state index contributed by atoms with van der Waals surface area (Å²) in [5.74, 6) is 0.729. The molecule has 4 nitrogen and oxygen atoms in total. The molecule has 0 aromatic heterocycles. The van der Waals surface area contributed by atoms with E-state index in [-0.39, 0.29) is 0 Å². The maximum absolute atomic E-state index is 11.2. The number of benzene rings is 1. The molecule has 2 N–H and O–H groups in total. The van der Waals surface area contributed by atoms with Crippen LogP contribution in [0.3, 0.4) is 0 Å². The van der Waals surface area contributed by atoms with Crippen molar-refractivity contribution in [2.75, 3.05) is 6.61 Å². The third-order valence-corrected chi connectivity index (χ3v) is 3.66. The summed E-state index contributed by atoms with van der Waals surface area (Å²) < 4.78 is 26.0. The first-order chi connectivity index (χ1) is 8.15. The lowest BCUT2D eigenvalue weighted by molar-refractivity contribution is 0.177. The predicted octanol–water partition coefficient (Wildman–Crippen LogP) is 2.04. The second-order valence-corrected chi connectivity index (χ2v) is 5.04. The van der Waals surface area contributed by atoms with E-state index in [1.165, 1.54) is 0 Å². The van der Waals surface area contributed by atoms with Crippen molar-refractivity contribution < 1.29 is 18.6 Å². The molecule has 2 atom stereocenters. The van der Waals surface area contributed by atoms with Crippen molar-refractivity contribution in [3.63, 3.8) is 0 Å². The zero-order chi connectivity index (χ0) is 12.4. The van der Waals surface area contributed by atoms with Gasteiger partial charge in [0, 0.05) is 11.1 Å². The molecule has 0 amide bonds. The molecule has 94 valence electrons. The third-order valence-electron chi connectivity index (χ3n) is 2.92. The van der Waals surface area contributed by atoms with Gasteiger partial charge in [0.15, 0.2) is 11.1 Å². The average Bonchev–Trinajstić information content (AvgIpc) is 2.69. The summed E-state index contributed by atoms with van der Waals surface area (Å²) in [4.78, 5) is 0.300. The summed E-state index contributed by atoms with van der Waals surface area (Å²) in [6.07, 6.45) is 1.54. The number of fused-ring (bicyclic) bond motifs is 1. The summed E-state index contributed by atoms with van der Waals surface area (Å²) in [5.41, 5.74) is 1.46. The smallest absolute Gasteiger partial charge is 0.186 e. The van der Waals surface area contributed by atoms with E-state index in [2.05, 4.69) is 0 Å². The number of rotatable bonds is 4. The zero-order valence-corrected chi connectivity index (χ0v) is 10.5. The van der Waals surface area contributed by atoms with E-state index in [4.69, 9.17) is 4.74 Å². The maximum atomic E-state index is 11.2. The first-order valence-electron chi connectivity index (χ1n) is 5.72. The van der Waals surface area contributed by atoms with E-state index in [0.717, 1.165) is 17.7 Å². The molecule has 0 heterocycles. The molecule has 1 aromatic rings. The summed E-state index contributed by atoms with van der Waals surface area (Å²) in [6.45, 7) is 2.64. The fourth-order valence-corrected chi connectivity index (χ4v) is 2.80. The van der Waals surface area contributed by atoms with Gasteiger partial charge in [0.1, 0.15) is 5.75 Å². The largest absolute Gasteiger partial charge is 0.493 e. The van der Waals surface area contributed by atoms with Crippen molar-refractivity contribution in [1.82, 2.24) is 0 Å². The van der Waals surface area contributed by atoms with Crippen LogP contribution in [-0.4, -0.2) is 20.5 Å². The molecule has 2 rings (SSSR count). The number of hydrogen-bond donors (Lipinski definition) is 2. The highest BCUT2D eigenvalue weighted by Gasteiger charge is 2.28. The van der Waals surface area contributed by atoms with Gasteiger partial charge in [-0.3, -0.25) is 0 Å². The van der Waals surface area contributed by atoms with Crippen LogP contribution < -0.4 is 4.74 Å². The van der Waals surface area contributed by atoms with Crippen molar-refractivity contribution in [2.45, 2.75) is 37.2 Å². The Morgan fingerprint density at radius 1 is 1.53 bits per heavy atom. The number of aliphatic hydroxyl groups is 1. The van der Waals surface area contributed by atoms with Crippen LogP contribution in [0.25, 0.3) is 0 Å². The normalized spacial score (nSPS) is 20.1. The molecule has 0 spiro atoms. The van der Waals surface area contributed by atoms with Crippen LogP contribution in [0.1, 0.15) is 37.0 Å². The van der Waals surface area contributed by atoms with E-state index in [1.54, 1.807) is 12.1 Å². The lowest BCUT2D eigenvalue weighted by Crippen LogP contribution is -2.03. The van der Waals surface area contributed by atoms with Crippen molar-refractivity contribution in [1.29, 1.82) is 0 Å². The molecule has 0 radical (unpaired) electrons. The van der Waals surface area contributed by atoms with Gasteiger partial charge in [0.2, 0.25) is 0 Å². The van der Waals surface area contributed by atoms with Crippen LogP contribution in [0, 0.1) is 0 Å². The van der Waals surface area contributed by atoms with E-state index >= 15 is 0 Å². The monoisotopic (exact) mass is 256 g/mol.